The van der Waals surface area contributed by atoms with E-state index in [1.165, 1.54) is 0 Å². The average molecular weight is 300 g/mol. The fourth-order valence-electron chi connectivity index (χ4n) is 1.87. The minimum atomic E-state index is 0.0114. The van der Waals surface area contributed by atoms with Gasteiger partial charge in [-0.15, -0.1) is 0 Å². The van der Waals surface area contributed by atoms with Crippen LogP contribution in [0.3, 0.4) is 0 Å². The van der Waals surface area contributed by atoms with Crippen molar-refractivity contribution in [3.05, 3.63) is 38.3 Å². The molecule has 2 aromatic rings. The summed E-state index contributed by atoms with van der Waals surface area (Å²) in [5, 5.41) is 1.35. The van der Waals surface area contributed by atoms with Gasteiger partial charge in [-0.05, 0) is 40.9 Å². The normalized spacial score (nSPS) is 15.6. The van der Waals surface area contributed by atoms with Crippen molar-refractivity contribution in [1.29, 1.82) is 0 Å². The zero-order valence-electron chi connectivity index (χ0n) is 8.28. The maximum atomic E-state index is 12.0. The summed E-state index contributed by atoms with van der Waals surface area (Å²) in [7, 11) is 0. The number of hydrogen-bond donors (Lipinski definition) is 0. The highest BCUT2D eigenvalue weighted by Gasteiger charge is 2.27. The number of nitrogens with zero attached hydrogens (tertiary/aromatic N) is 2. The van der Waals surface area contributed by atoms with Gasteiger partial charge in [-0.3, -0.25) is 4.79 Å². The van der Waals surface area contributed by atoms with Gasteiger partial charge in [-0.1, -0.05) is 11.6 Å². The Labute approximate surface area is 105 Å². The molecule has 1 aliphatic carbocycles. The van der Waals surface area contributed by atoms with E-state index in [1.54, 1.807) is 18.3 Å². The van der Waals surface area contributed by atoms with Crippen molar-refractivity contribution >= 4 is 38.4 Å². The SMILES string of the molecule is O=c1c(Br)cc2cnc(Cl)cc2n1C1CC1. The third-order valence-electron chi connectivity index (χ3n) is 2.76. The Bertz CT molecular complexity index is 634. The molecule has 0 amide bonds. The van der Waals surface area contributed by atoms with Crippen molar-refractivity contribution in [1.82, 2.24) is 9.55 Å². The second-order valence-corrected chi connectivity index (χ2v) is 5.21. The highest BCUT2D eigenvalue weighted by molar-refractivity contribution is 9.10. The lowest BCUT2D eigenvalue weighted by Gasteiger charge is -2.09. The van der Waals surface area contributed by atoms with E-state index in [9.17, 15) is 4.79 Å². The molecule has 0 radical (unpaired) electrons. The largest absolute Gasteiger partial charge is 0.304 e. The third kappa shape index (κ3) is 1.57. The second kappa shape index (κ2) is 3.57. The van der Waals surface area contributed by atoms with Crippen molar-refractivity contribution in [2.45, 2.75) is 18.9 Å². The summed E-state index contributed by atoms with van der Waals surface area (Å²) in [4.78, 5) is 16.1. The smallest absolute Gasteiger partial charge is 0.265 e. The van der Waals surface area contributed by atoms with E-state index < -0.39 is 0 Å². The van der Waals surface area contributed by atoms with Crippen LogP contribution in [-0.4, -0.2) is 9.55 Å². The molecule has 0 saturated heterocycles. The zero-order chi connectivity index (χ0) is 11.3. The molecule has 3 rings (SSSR count). The summed E-state index contributed by atoms with van der Waals surface area (Å²) in [6.07, 6.45) is 3.82. The van der Waals surface area contributed by atoms with Gasteiger partial charge in [0.1, 0.15) is 5.15 Å². The Morgan fingerprint density at radius 2 is 2.19 bits per heavy atom. The van der Waals surface area contributed by atoms with Crippen LogP contribution in [0.1, 0.15) is 18.9 Å². The molecule has 0 bridgehead atoms. The van der Waals surface area contributed by atoms with Crippen molar-refractivity contribution < 1.29 is 0 Å². The summed E-state index contributed by atoms with van der Waals surface area (Å²) < 4.78 is 2.39. The van der Waals surface area contributed by atoms with E-state index in [0.717, 1.165) is 23.7 Å². The van der Waals surface area contributed by atoms with E-state index in [0.29, 0.717) is 15.7 Å². The molecule has 0 atom stereocenters. The molecule has 1 aliphatic rings. The minimum Gasteiger partial charge on any atom is -0.304 e. The van der Waals surface area contributed by atoms with Crippen LogP contribution >= 0.6 is 27.5 Å². The van der Waals surface area contributed by atoms with Gasteiger partial charge in [0.2, 0.25) is 0 Å². The molecule has 3 nitrogen and oxygen atoms in total. The van der Waals surface area contributed by atoms with Gasteiger partial charge in [0.05, 0.1) is 9.99 Å². The predicted octanol–water partition coefficient (Wildman–Crippen LogP) is 3.15. The number of halogens is 2. The number of hydrogen-bond acceptors (Lipinski definition) is 2. The van der Waals surface area contributed by atoms with Crippen molar-refractivity contribution in [3.8, 4) is 0 Å². The van der Waals surface area contributed by atoms with Crippen LogP contribution < -0.4 is 5.56 Å². The number of fused-ring (bicyclic) bond motifs is 1. The Morgan fingerprint density at radius 1 is 1.44 bits per heavy atom. The Balaban J connectivity index is 2.45. The average Bonchev–Trinajstić information content (AvgIpc) is 3.05. The molecule has 0 aliphatic heterocycles. The summed E-state index contributed by atoms with van der Waals surface area (Å²) in [5.74, 6) is 0. The predicted molar refractivity (Wildman–Crippen MR) is 67.0 cm³/mol. The maximum Gasteiger partial charge on any atom is 0.265 e. The van der Waals surface area contributed by atoms with E-state index >= 15 is 0 Å². The first-order chi connectivity index (χ1) is 7.66. The molecular formula is C11H8BrClN2O. The van der Waals surface area contributed by atoms with E-state index in [-0.39, 0.29) is 5.56 Å². The van der Waals surface area contributed by atoms with Crippen LogP contribution in [0.2, 0.25) is 5.15 Å². The first-order valence-corrected chi connectivity index (χ1v) is 6.20. The Kier molecular flexibility index (Phi) is 2.30. The summed E-state index contributed by atoms with van der Waals surface area (Å²) in [5.41, 5.74) is 0.882. The lowest BCUT2D eigenvalue weighted by atomic mass is 10.2. The molecule has 0 unspecified atom stereocenters. The summed E-state index contributed by atoms with van der Waals surface area (Å²) in [6, 6.07) is 3.87. The number of rotatable bonds is 1. The molecule has 1 fully saturated rings. The topological polar surface area (TPSA) is 34.9 Å². The fourth-order valence-corrected chi connectivity index (χ4v) is 2.46. The van der Waals surface area contributed by atoms with Crippen molar-refractivity contribution in [2.24, 2.45) is 0 Å². The van der Waals surface area contributed by atoms with Crippen molar-refractivity contribution in [2.75, 3.05) is 0 Å². The van der Waals surface area contributed by atoms with E-state index in [4.69, 9.17) is 11.6 Å². The minimum absolute atomic E-state index is 0.0114. The Morgan fingerprint density at radius 3 is 2.88 bits per heavy atom. The van der Waals surface area contributed by atoms with Crippen LogP contribution in [0.25, 0.3) is 10.9 Å². The van der Waals surface area contributed by atoms with Gasteiger partial charge in [0.15, 0.2) is 0 Å². The van der Waals surface area contributed by atoms with Crippen molar-refractivity contribution in [3.63, 3.8) is 0 Å². The second-order valence-electron chi connectivity index (χ2n) is 3.96. The van der Waals surface area contributed by atoms with E-state index in [1.807, 2.05) is 4.57 Å². The lowest BCUT2D eigenvalue weighted by molar-refractivity contribution is 0.735. The van der Waals surface area contributed by atoms with E-state index in [2.05, 4.69) is 20.9 Å². The summed E-state index contributed by atoms with van der Waals surface area (Å²) >= 11 is 9.16. The molecule has 82 valence electrons. The van der Waals surface area contributed by atoms with Crippen LogP contribution in [0.15, 0.2) is 27.6 Å². The van der Waals surface area contributed by atoms with Crippen LogP contribution in [0, 0.1) is 0 Å². The van der Waals surface area contributed by atoms with Gasteiger partial charge in [0, 0.05) is 17.6 Å². The van der Waals surface area contributed by atoms with Crippen LogP contribution in [0.5, 0.6) is 0 Å². The molecule has 2 heterocycles. The Hall–Kier alpha value is -0.870. The molecule has 0 spiro atoms. The molecule has 0 aromatic carbocycles. The van der Waals surface area contributed by atoms with Gasteiger partial charge < -0.3 is 4.57 Å². The van der Waals surface area contributed by atoms with Gasteiger partial charge in [-0.2, -0.15) is 0 Å². The number of pyridine rings is 2. The van der Waals surface area contributed by atoms with Gasteiger partial charge in [-0.25, -0.2) is 4.98 Å². The highest BCUT2D eigenvalue weighted by atomic mass is 79.9. The standard InChI is InChI=1S/C11H8BrClN2O/c12-8-3-6-5-14-10(13)4-9(6)15(11(8)16)7-1-2-7/h3-5,7H,1-2H2. The van der Waals surface area contributed by atoms with Crippen LogP contribution in [-0.2, 0) is 0 Å². The maximum absolute atomic E-state index is 12.0. The summed E-state index contributed by atoms with van der Waals surface area (Å²) in [6.45, 7) is 0. The molecular weight excluding hydrogens is 291 g/mol. The zero-order valence-corrected chi connectivity index (χ0v) is 10.6. The molecule has 0 N–H and O–H groups in total. The van der Waals surface area contributed by atoms with Crippen LogP contribution in [0.4, 0.5) is 0 Å². The lowest BCUT2D eigenvalue weighted by Crippen LogP contribution is -2.20. The first-order valence-electron chi connectivity index (χ1n) is 5.03. The third-order valence-corrected chi connectivity index (χ3v) is 3.53. The molecule has 1 saturated carbocycles. The molecule has 2 aromatic heterocycles. The highest BCUT2D eigenvalue weighted by Crippen LogP contribution is 2.36. The molecule has 16 heavy (non-hydrogen) atoms. The monoisotopic (exact) mass is 298 g/mol. The quantitative estimate of drug-likeness (QED) is 0.758. The number of aromatic nitrogens is 2. The fraction of sp³-hybridized carbons (Fsp3) is 0.273. The molecule has 5 heteroatoms. The van der Waals surface area contributed by atoms with Gasteiger partial charge >= 0.3 is 0 Å². The van der Waals surface area contributed by atoms with Gasteiger partial charge in [0.25, 0.3) is 5.56 Å². The first kappa shape index (κ1) is 10.3.